The van der Waals surface area contributed by atoms with E-state index in [1.807, 2.05) is 48.5 Å². The average molecular weight is 362 g/mol. The third kappa shape index (κ3) is 3.57. The van der Waals surface area contributed by atoms with Crippen LogP contribution < -0.4 is 5.32 Å². The first-order chi connectivity index (χ1) is 12.8. The SMILES string of the molecule is O=C(CSc1nnc(-c2cccc3ccccc23)o1)Nc1ccccn1. The van der Waals surface area contributed by atoms with E-state index in [4.69, 9.17) is 4.42 Å². The van der Waals surface area contributed by atoms with Crippen LogP contribution in [-0.4, -0.2) is 26.8 Å². The number of nitrogens with one attached hydrogen (secondary N) is 1. The molecule has 1 amide bonds. The van der Waals surface area contributed by atoms with Gasteiger partial charge in [-0.1, -0.05) is 54.2 Å². The van der Waals surface area contributed by atoms with Gasteiger partial charge in [0.25, 0.3) is 5.22 Å². The molecule has 2 aromatic heterocycles. The zero-order valence-corrected chi connectivity index (χ0v) is 14.4. The van der Waals surface area contributed by atoms with Crippen LogP contribution in [0.2, 0.25) is 0 Å². The Morgan fingerprint density at radius 3 is 2.73 bits per heavy atom. The van der Waals surface area contributed by atoms with E-state index in [-0.39, 0.29) is 11.7 Å². The Hall–Kier alpha value is -3.19. The molecule has 0 saturated carbocycles. The van der Waals surface area contributed by atoms with E-state index in [0.29, 0.717) is 16.9 Å². The van der Waals surface area contributed by atoms with Gasteiger partial charge in [0, 0.05) is 11.8 Å². The van der Waals surface area contributed by atoms with Crippen LogP contribution in [0.25, 0.3) is 22.2 Å². The van der Waals surface area contributed by atoms with Gasteiger partial charge in [0.05, 0.1) is 5.75 Å². The third-order valence-corrected chi connectivity index (χ3v) is 4.50. The average Bonchev–Trinajstić information content (AvgIpc) is 3.16. The molecule has 2 heterocycles. The van der Waals surface area contributed by atoms with Crippen LogP contribution in [0.1, 0.15) is 0 Å². The zero-order valence-electron chi connectivity index (χ0n) is 13.6. The van der Waals surface area contributed by atoms with Crippen molar-refractivity contribution in [3.05, 3.63) is 66.9 Å². The van der Waals surface area contributed by atoms with Crippen LogP contribution >= 0.6 is 11.8 Å². The maximum atomic E-state index is 12.0. The molecule has 0 bridgehead atoms. The maximum Gasteiger partial charge on any atom is 0.277 e. The van der Waals surface area contributed by atoms with E-state index in [0.717, 1.165) is 16.3 Å². The van der Waals surface area contributed by atoms with Crippen molar-refractivity contribution >= 4 is 34.3 Å². The molecule has 0 spiro atoms. The molecule has 1 N–H and O–H groups in total. The topological polar surface area (TPSA) is 80.9 Å². The minimum absolute atomic E-state index is 0.160. The largest absolute Gasteiger partial charge is 0.411 e. The Labute approximate surface area is 153 Å². The lowest BCUT2D eigenvalue weighted by molar-refractivity contribution is -0.113. The summed E-state index contributed by atoms with van der Waals surface area (Å²) in [5.41, 5.74) is 0.875. The van der Waals surface area contributed by atoms with Gasteiger partial charge in [-0.25, -0.2) is 4.98 Å². The molecule has 128 valence electrons. The molecule has 0 radical (unpaired) electrons. The number of carbonyl (C=O) groups is 1. The Morgan fingerprint density at radius 2 is 1.85 bits per heavy atom. The summed E-state index contributed by atoms with van der Waals surface area (Å²) < 4.78 is 5.72. The molecule has 0 atom stereocenters. The Bertz CT molecular complexity index is 1040. The Balaban J connectivity index is 1.45. The van der Waals surface area contributed by atoms with E-state index in [1.54, 1.807) is 18.3 Å². The molecule has 6 nitrogen and oxygen atoms in total. The number of anilines is 1. The van der Waals surface area contributed by atoms with Crippen molar-refractivity contribution in [1.82, 2.24) is 15.2 Å². The van der Waals surface area contributed by atoms with Crippen LogP contribution in [0, 0.1) is 0 Å². The van der Waals surface area contributed by atoms with Crippen molar-refractivity contribution in [1.29, 1.82) is 0 Å². The number of benzene rings is 2. The lowest BCUT2D eigenvalue weighted by atomic mass is 10.0. The van der Waals surface area contributed by atoms with Crippen molar-refractivity contribution in [3.63, 3.8) is 0 Å². The van der Waals surface area contributed by atoms with Crippen molar-refractivity contribution < 1.29 is 9.21 Å². The van der Waals surface area contributed by atoms with Gasteiger partial charge >= 0.3 is 0 Å². The molecule has 0 aliphatic heterocycles. The molecule has 0 aliphatic carbocycles. The van der Waals surface area contributed by atoms with Gasteiger partial charge in [-0.2, -0.15) is 0 Å². The highest BCUT2D eigenvalue weighted by Gasteiger charge is 2.13. The fraction of sp³-hybridized carbons (Fsp3) is 0.0526. The summed E-state index contributed by atoms with van der Waals surface area (Å²) >= 11 is 1.19. The number of carbonyl (C=O) groups excluding carboxylic acids is 1. The number of fused-ring (bicyclic) bond motifs is 1. The van der Waals surface area contributed by atoms with Crippen molar-refractivity contribution in [2.45, 2.75) is 5.22 Å². The summed E-state index contributed by atoms with van der Waals surface area (Å²) in [6.07, 6.45) is 1.62. The monoisotopic (exact) mass is 362 g/mol. The fourth-order valence-electron chi connectivity index (χ4n) is 2.53. The summed E-state index contributed by atoms with van der Waals surface area (Å²) in [6, 6.07) is 19.3. The first kappa shape index (κ1) is 16.3. The van der Waals surface area contributed by atoms with Crippen LogP contribution in [0.4, 0.5) is 5.82 Å². The highest BCUT2D eigenvalue weighted by molar-refractivity contribution is 7.99. The standard InChI is InChI=1S/C19H14N4O2S/c24-17(21-16-10-3-4-11-20-16)12-26-19-23-22-18(25-19)15-9-5-7-13-6-1-2-8-14(13)15/h1-11H,12H2,(H,20,21,24). The number of rotatable bonds is 5. The van der Waals surface area contributed by atoms with E-state index in [9.17, 15) is 4.79 Å². The molecule has 0 aliphatic rings. The number of pyridine rings is 1. The number of aromatic nitrogens is 3. The van der Waals surface area contributed by atoms with Crippen LogP contribution in [0.15, 0.2) is 76.5 Å². The van der Waals surface area contributed by atoms with E-state index in [2.05, 4.69) is 20.5 Å². The molecule has 4 aromatic rings. The van der Waals surface area contributed by atoms with Crippen molar-refractivity contribution in [2.24, 2.45) is 0 Å². The molecule has 0 saturated heterocycles. The Kier molecular flexibility index (Phi) is 4.61. The number of hydrogen-bond donors (Lipinski definition) is 1. The first-order valence-corrected chi connectivity index (χ1v) is 8.93. The van der Waals surface area contributed by atoms with Gasteiger partial charge in [0.2, 0.25) is 11.8 Å². The molecule has 7 heteroatoms. The minimum Gasteiger partial charge on any atom is -0.411 e. The summed E-state index contributed by atoms with van der Waals surface area (Å²) in [4.78, 5) is 16.0. The zero-order chi connectivity index (χ0) is 17.8. The summed E-state index contributed by atoms with van der Waals surface area (Å²) in [5, 5.41) is 13.4. The maximum absolute atomic E-state index is 12.0. The predicted molar refractivity (Wildman–Crippen MR) is 101 cm³/mol. The first-order valence-electron chi connectivity index (χ1n) is 7.95. The quantitative estimate of drug-likeness (QED) is 0.540. The number of hydrogen-bond acceptors (Lipinski definition) is 6. The molecule has 0 fully saturated rings. The van der Waals surface area contributed by atoms with Gasteiger partial charge < -0.3 is 9.73 Å². The lowest BCUT2D eigenvalue weighted by Crippen LogP contribution is -2.14. The van der Waals surface area contributed by atoms with Crippen molar-refractivity contribution in [2.75, 3.05) is 11.1 Å². The Morgan fingerprint density at radius 1 is 1.00 bits per heavy atom. The molecule has 2 aromatic carbocycles. The highest BCUT2D eigenvalue weighted by atomic mass is 32.2. The predicted octanol–water partition coefficient (Wildman–Crippen LogP) is 4.02. The van der Waals surface area contributed by atoms with E-state index in [1.165, 1.54) is 11.8 Å². The summed E-state index contributed by atoms with van der Waals surface area (Å²) in [6.45, 7) is 0. The second-order valence-corrected chi connectivity index (χ2v) is 6.38. The van der Waals surface area contributed by atoms with E-state index < -0.39 is 0 Å². The second kappa shape index (κ2) is 7.37. The molecule has 4 rings (SSSR count). The number of thioether (sulfide) groups is 1. The molecular formula is C19H14N4O2S. The molecule has 0 unspecified atom stereocenters. The normalized spacial score (nSPS) is 10.8. The molecule has 26 heavy (non-hydrogen) atoms. The molecular weight excluding hydrogens is 348 g/mol. The van der Waals surface area contributed by atoms with Gasteiger partial charge in [-0.15, -0.1) is 10.2 Å². The fourth-order valence-corrected chi connectivity index (χ4v) is 3.09. The third-order valence-electron chi connectivity index (χ3n) is 3.69. The van der Waals surface area contributed by atoms with Crippen LogP contribution in [0.5, 0.6) is 0 Å². The second-order valence-electron chi connectivity index (χ2n) is 5.45. The minimum atomic E-state index is -0.182. The van der Waals surface area contributed by atoms with Gasteiger partial charge in [0.15, 0.2) is 0 Å². The van der Waals surface area contributed by atoms with Gasteiger partial charge in [0.1, 0.15) is 5.82 Å². The summed E-state index contributed by atoms with van der Waals surface area (Å²) in [7, 11) is 0. The van der Waals surface area contributed by atoms with Crippen LogP contribution in [0.3, 0.4) is 0 Å². The van der Waals surface area contributed by atoms with Crippen LogP contribution in [-0.2, 0) is 4.79 Å². The lowest BCUT2D eigenvalue weighted by Gasteiger charge is -2.02. The van der Waals surface area contributed by atoms with Gasteiger partial charge in [-0.3, -0.25) is 4.79 Å². The van der Waals surface area contributed by atoms with E-state index >= 15 is 0 Å². The number of amides is 1. The highest BCUT2D eigenvalue weighted by Crippen LogP contribution is 2.29. The van der Waals surface area contributed by atoms with Crippen molar-refractivity contribution in [3.8, 4) is 11.5 Å². The number of nitrogens with zero attached hydrogens (tertiary/aromatic N) is 3. The smallest absolute Gasteiger partial charge is 0.277 e. The summed E-state index contributed by atoms with van der Waals surface area (Å²) in [5.74, 6) is 0.932. The van der Waals surface area contributed by atoms with Gasteiger partial charge in [-0.05, 0) is 29.0 Å².